The van der Waals surface area contributed by atoms with Crippen molar-refractivity contribution >= 4 is 23.0 Å². The minimum absolute atomic E-state index is 0.142. The molecular weight excluding hydrogens is 270 g/mol. The third-order valence-corrected chi connectivity index (χ3v) is 3.85. The molecule has 2 aliphatic rings. The van der Waals surface area contributed by atoms with Gasteiger partial charge in [0.05, 0.1) is 18.0 Å². The van der Waals surface area contributed by atoms with E-state index in [9.17, 15) is 0 Å². The Hall–Kier alpha value is -1.87. The third kappa shape index (κ3) is 2.54. The number of rotatable bonds is 2. The van der Waals surface area contributed by atoms with Crippen molar-refractivity contribution < 1.29 is 0 Å². The number of benzene rings is 1. The summed E-state index contributed by atoms with van der Waals surface area (Å²) >= 11 is 6.28. The summed E-state index contributed by atoms with van der Waals surface area (Å²) in [7, 11) is 0. The minimum atomic E-state index is 0.142. The van der Waals surface area contributed by atoms with Crippen molar-refractivity contribution in [2.75, 3.05) is 6.54 Å². The van der Waals surface area contributed by atoms with Crippen molar-refractivity contribution in [2.45, 2.75) is 19.8 Å². The summed E-state index contributed by atoms with van der Waals surface area (Å²) in [6.45, 7) is 4.85. The van der Waals surface area contributed by atoms with Crippen LogP contribution >= 0.6 is 11.6 Å². The molecule has 1 aromatic carbocycles. The molecule has 0 saturated carbocycles. The Morgan fingerprint density at radius 2 is 2.10 bits per heavy atom. The van der Waals surface area contributed by atoms with Crippen LogP contribution in [0.5, 0.6) is 0 Å². The van der Waals surface area contributed by atoms with Crippen LogP contribution in [0.2, 0.25) is 5.02 Å². The lowest BCUT2D eigenvalue weighted by Crippen LogP contribution is -2.22. The summed E-state index contributed by atoms with van der Waals surface area (Å²) in [5, 5.41) is 7.37. The molecule has 0 saturated heterocycles. The number of aliphatic imine (C=N–C) groups is 1. The monoisotopic (exact) mass is 285 g/mol. The van der Waals surface area contributed by atoms with E-state index in [0.29, 0.717) is 0 Å². The quantitative estimate of drug-likeness (QED) is 0.807. The minimum Gasteiger partial charge on any atom is -0.266 e. The highest BCUT2D eigenvalue weighted by molar-refractivity contribution is 6.31. The molecule has 1 unspecified atom stereocenters. The Morgan fingerprint density at radius 1 is 1.30 bits per heavy atom. The summed E-state index contributed by atoms with van der Waals surface area (Å²) < 4.78 is 0. The molecule has 1 aromatic rings. The van der Waals surface area contributed by atoms with E-state index in [4.69, 9.17) is 11.6 Å². The van der Waals surface area contributed by atoms with Gasteiger partial charge in [0.1, 0.15) is 0 Å². The lowest BCUT2D eigenvalue weighted by Gasteiger charge is -2.23. The number of hydrogen-bond acceptors (Lipinski definition) is 3. The van der Waals surface area contributed by atoms with E-state index in [1.807, 2.05) is 48.5 Å². The van der Waals surface area contributed by atoms with Crippen LogP contribution in [0.15, 0.2) is 58.4 Å². The molecule has 3 nitrogen and oxygen atoms in total. The maximum absolute atomic E-state index is 6.28. The third-order valence-electron chi connectivity index (χ3n) is 3.51. The first-order chi connectivity index (χ1) is 9.63. The van der Waals surface area contributed by atoms with E-state index in [0.717, 1.165) is 34.3 Å². The number of fused-ring (bicyclic) bond motifs is 2. The Balaban J connectivity index is 1.97. The highest BCUT2D eigenvalue weighted by atomic mass is 35.5. The molecule has 0 spiro atoms. The fourth-order valence-electron chi connectivity index (χ4n) is 2.40. The van der Waals surface area contributed by atoms with Gasteiger partial charge in [-0.15, -0.1) is 0 Å². The van der Waals surface area contributed by atoms with Crippen molar-refractivity contribution in [3.8, 4) is 0 Å². The first-order valence-corrected chi connectivity index (χ1v) is 7.05. The van der Waals surface area contributed by atoms with Gasteiger partial charge in [0.2, 0.25) is 0 Å². The number of hydrogen-bond donors (Lipinski definition) is 0. The number of halogens is 1. The molecule has 2 bridgehead atoms. The SMILES string of the molecule is CC1=NC2=CC(C(C)c3ccccc3Cl)=NN(C=C1)C2. The Kier molecular flexibility index (Phi) is 3.45. The highest BCUT2D eigenvalue weighted by Crippen LogP contribution is 2.28. The topological polar surface area (TPSA) is 28.0 Å². The molecule has 0 radical (unpaired) electrons. The van der Waals surface area contributed by atoms with Gasteiger partial charge in [-0.2, -0.15) is 5.10 Å². The zero-order chi connectivity index (χ0) is 14.1. The van der Waals surface area contributed by atoms with Gasteiger partial charge in [0, 0.05) is 22.9 Å². The summed E-state index contributed by atoms with van der Waals surface area (Å²) in [5.41, 5.74) is 4.12. The zero-order valence-corrected chi connectivity index (χ0v) is 12.3. The molecule has 2 aliphatic heterocycles. The number of nitrogens with zero attached hydrogens (tertiary/aromatic N) is 3. The van der Waals surface area contributed by atoms with Gasteiger partial charge < -0.3 is 0 Å². The Bertz CT molecular complexity index is 655. The van der Waals surface area contributed by atoms with Crippen LogP contribution in [0.3, 0.4) is 0 Å². The second-order valence-corrected chi connectivity index (χ2v) is 5.48. The molecular formula is C16H16ClN3. The van der Waals surface area contributed by atoms with E-state index in [-0.39, 0.29) is 5.92 Å². The fraction of sp³-hybridized carbons (Fsp3) is 0.250. The molecule has 0 aliphatic carbocycles. The molecule has 2 heterocycles. The number of hydrazone groups is 1. The molecule has 20 heavy (non-hydrogen) atoms. The molecule has 3 rings (SSSR count). The second kappa shape index (κ2) is 5.25. The van der Waals surface area contributed by atoms with Crippen LogP contribution in [-0.4, -0.2) is 23.0 Å². The van der Waals surface area contributed by atoms with Crippen LogP contribution in [0.1, 0.15) is 25.3 Å². The lowest BCUT2D eigenvalue weighted by atomic mass is 9.95. The average Bonchev–Trinajstić information content (AvgIpc) is 2.56. The summed E-state index contributed by atoms with van der Waals surface area (Å²) in [6, 6.07) is 7.91. The maximum Gasteiger partial charge on any atom is 0.0832 e. The van der Waals surface area contributed by atoms with Crippen molar-refractivity contribution in [1.29, 1.82) is 0 Å². The molecule has 102 valence electrons. The highest BCUT2D eigenvalue weighted by Gasteiger charge is 2.20. The van der Waals surface area contributed by atoms with Crippen LogP contribution in [0.4, 0.5) is 0 Å². The first kappa shape index (κ1) is 13.1. The lowest BCUT2D eigenvalue weighted by molar-refractivity contribution is 0.426. The van der Waals surface area contributed by atoms with E-state index in [1.54, 1.807) is 0 Å². The Labute approximate surface area is 124 Å². The normalized spacial score (nSPS) is 18.9. The average molecular weight is 286 g/mol. The molecule has 0 N–H and O–H groups in total. The molecule has 0 aromatic heterocycles. The van der Waals surface area contributed by atoms with Gasteiger partial charge >= 0.3 is 0 Å². The van der Waals surface area contributed by atoms with Crippen molar-refractivity contribution in [2.24, 2.45) is 10.1 Å². The van der Waals surface area contributed by atoms with Crippen LogP contribution < -0.4 is 0 Å². The van der Waals surface area contributed by atoms with Crippen LogP contribution in [-0.2, 0) is 0 Å². The summed E-state index contributed by atoms with van der Waals surface area (Å²) in [5.74, 6) is 0.142. The van der Waals surface area contributed by atoms with Gasteiger partial charge in [-0.1, -0.05) is 36.7 Å². The second-order valence-electron chi connectivity index (χ2n) is 5.07. The standard InChI is InChI=1S/C16H16ClN3/c1-11-7-8-20-10-13(18-11)9-16(19-20)12(2)14-5-3-4-6-15(14)17/h3-9,12H,10H2,1-2H3. The zero-order valence-electron chi connectivity index (χ0n) is 11.5. The van der Waals surface area contributed by atoms with E-state index >= 15 is 0 Å². The van der Waals surface area contributed by atoms with Gasteiger partial charge in [-0.25, -0.2) is 0 Å². The Morgan fingerprint density at radius 3 is 2.90 bits per heavy atom. The van der Waals surface area contributed by atoms with E-state index < -0.39 is 0 Å². The predicted molar refractivity (Wildman–Crippen MR) is 84.3 cm³/mol. The smallest absolute Gasteiger partial charge is 0.0832 e. The van der Waals surface area contributed by atoms with Gasteiger partial charge in [0.25, 0.3) is 0 Å². The van der Waals surface area contributed by atoms with Crippen LogP contribution in [0, 0.1) is 0 Å². The fourth-order valence-corrected chi connectivity index (χ4v) is 2.70. The van der Waals surface area contributed by atoms with Crippen molar-refractivity contribution in [3.05, 3.63) is 58.9 Å². The maximum atomic E-state index is 6.28. The van der Waals surface area contributed by atoms with Crippen molar-refractivity contribution in [3.63, 3.8) is 0 Å². The predicted octanol–water partition coefficient (Wildman–Crippen LogP) is 3.99. The summed E-state index contributed by atoms with van der Waals surface area (Å²) in [4.78, 5) is 4.58. The molecule has 0 amide bonds. The van der Waals surface area contributed by atoms with Crippen LogP contribution in [0.25, 0.3) is 0 Å². The van der Waals surface area contributed by atoms with E-state index in [2.05, 4.69) is 23.1 Å². The first-order valence-electron chi connectivity index (χ1n) is 6.67. The molecule has 0 fully saturated rings. The molecule has 1 atom stereocenters. The van der Waals surface area contributed by atoms with Gasteiger partial charge in [0.15, 0.2) is 0 Å². The van der Waals surface area contributed by atoms with Crippen molar-refractivity contribution in [1.82, 2.24) is 5.01 Å². The van der Waals surface area contributed by atoms with Gasteiger partial charge in [-0.05, 0) is 30.7 Å². The molecule has 4 heteroatoms. The largest absolute Gasteiger partial charge is 0.266 e. The van der Waals surface area contributed by atoms with E-state index in [1.165, 1.54) is 0 Å². The summed E-state index contributed by atoms with van der Waals surface area (Å²) in [6.07, 6.45) is 6.02. The number of allylic oxidation sites excluding steroid dienone is 2. The van der Waals surface area contributed by atoms with Gasteiger partial charge in [-0.3, -0.25) is 10.0 Å².